The number of rotatable bonds is 7. The van der Waals surface area contributed by atoms with Crippen molar-refractivity contribution in [3.63, 3.8) is 0 Å². The summed E-state index contributed by atoms with van der Waals surface area (Å²) in [5, 5.41) is 3.91. The van der Waals surface area contributed by atoms with Gasteiger partial charge in [0.25, 0.3) is 0 Å². The first-order valence-corrected chi connectivity index (χ1v) is 9.01. The lowest BCUT2D eigenvalue weighted by Crippen LogP contribution is -2.61. The highest BCUT2D eigenvalue weighted by Gasteiger charge is 2.55. The molecule has 4 aliphatic rings. The van der Waals surface area contributed by atoms with Crippen LogP contribution >= 0.6 is 0 Å². The molecule has 110 valence electrons. The average Bonchev–Trinajstić information content (AvgIpc) is 2.38. The molecule has 1 heteroatoms. The van der Waals surface area contributed by atoms with Gasteiger partial charge in [0.05, 0.1) is 0 Å². The van der Waals surface area contributed by atoms with Crippen molar-refractivity contribution >= 4 is 0 Å². The highest BCUT2D eigenvalue weighted by molar-refractivity contribution is 5.09. The maximum Gasteiger partial charge on any atom is 0.0152 e. The molecule has 4 fully saturated rings. The molecule has 0 amide bonds. The third-order valence-electron chi connectivity index (χ3n) is 6.41. The minimum absolute atomic E-state index is 0.707. The van der Waals surface area contributed by atoms with Crippen LogP contribution in [0.1, 0.15) is 78.1 Å². The molecule has 1 nitrogen and oxygen atoms in total. The lowest BCUT2D eigenvalue weighted by Gasteiger charge is -2.62. The average molecular weight is 263 g/mol. The minimum atomic E-state index is 0.707. The van der Waals surface area contributed by atoms with Crippen LogP contribution in [0.15, 0.2) is 0 Å². The Morgan fingerprint density at radius 1 is 0.947 bits per heavy atom. The van der Waals surface area contributed by atoms with Crippen molar-refractivity contribution in [2.75, 3.05) is 6.54 Å². The summed E-state index contributed by atoms with van der Waals surface area (Å²) in [6, 6.07) is 0.868. The van der Waals surface area contributed by atoms with E-state index < -0.39 is 0 Å². The molecule has 0 spiro atoms. The molecule has 0 heterocycles. The summed E-state index contributed by atoms with van der Waals surface area (Å²) in [4.78, 5) is 0. The van der Waals surface area contributed by atoms with E-state index in [0.29, 0.717) is 5.41 Å². The van der Waals surface area contributed by atoms with Crippen molar-refractivity contribution in [3.05, 3.63) is 0 Å². The molecule has 4 saturated carbocycles. The Hall–Kier alpha value is -0.0400. The Balaban J connectivity index is 1.68. The molecule has 0 aromatic rings. The van der Waals surface area contributed by atoms with Crippen LogP contribution in [-0.2, 0) is 0 Å². The molecular formula is C18H33N. The zero-order valence-corrected chi connectivity index (χ0v) is 13.1. The highest BCUT2D eigenvalue weighted by Crippen LogP contribution is 2.61. The number of hydrogen-bond acceptors (Lipinski definition) is 1. The van der Waals surface area contributed by atoms with E-state index in [9.17, 15) is 0 Å². The Bertz CT molecular complexity index is 284. The van der Waals surface area contributed by atoms with Crippen LogP contribution in [0.4, 0.5) is 0 Å². The van der Waals surface area contributed by atoms with Crippen molar-refractivity contribution in [2.45, 2.75) is 84.1 Å². The largest absolute Gasteiger partial charge is 0.313 e. The molecule has 0 aliphatic heterocycles. The molecule has 0 aromatic heterocycles. The van der Waals surface area contributed by atoms with Gasteiger partial charge in [-0.2, -0.15) is 0 Å². The zero-order valence-electron chi connectivity index (χ0n) is 13.1. The van der Waals surface area contributed by atoms with Gasteiger partial charge in [-0.15, -0.1) is 0 Å². The second-order valence-electron chi connectivity index (χ2n) is 7.82. The van der Waals surface area contributed by atoms with Crippen LogP contribution in [0.25, 0.3) is 0 Å². The number of hydrogen-bond donors (Lipinski definition) is 1. The van der Waals surface area contributed by atoms with Gasteiger partial charge in [0.15, 0.2) is 0 Å². The van der Waals surface area contributed by atoms with Gasteiger partial charge in [0, 0.05) is 6.04 Å². The van der Waals surface area contributed by atoms with Crippen LogP contribution in [0, 0.1) is 23.2 Å². The molecule has 19 heavy (non-hydrogen) atoms. The quantitative estimate of drug-likeness (QED) is 0.653. The van der Waals surface area contributed by atoms with Gasteiger partial charge in [-0.1, -0.05) is 39.5 Å². The van der Waals surface area contributed by atoms with Gasteiger partial charge in [0.2, 0.25) is 0 Å². The van der Waals surface area contributed by atoms with Gasteiger partial charge in [-0.3, -0.25) is 0 Å². The first-order valence-electron chi connectivity index (χ1n) is 9.01. The molecule has 5 atom stereocenters. The predicted molar refractivity (Wildman–Crippen MR) is 82.2 cm³/mol. The van der Waals surface area contributed by atoms with Gasteiger partial charge >= 0.3 is 0 Å². The van der Waals surface area contributed by atoms with Crippen molar-refractivity contribution in [1.82, 2.24) is 5.32 Å². The molecule has 0 saturated heterocycles. The lowest BCUT2D eigenvalue weighted by molar-refractivity contribution is -0.0894. The third kappa shape index (κ3) is 2.60. The summed E-state index contributed by atoms with van der Waals surface area (Å²) in [5.41, 5.74) is 0.707. The molecular weight excluding hydrogens is 230 g/mol. The molecule has 4 bridgehead atoms. The maximum atomic E-state index is 3.91. The van der Waals surface area contributed by atoms with E-state index in [1.165, 1.54) is 38.6 Å². The first-order chi connectivity index (χ1) is 9.27. The molecule has 4 aliphatic carbocycles. The maximum absolute atomic E-state index is 3.91. The highest BCUT2D eigenvalue weighted by atomic mass is 15.0. The van der Waals surface area contributed by atoms with Crippen LogP contribution in [0.5, 0.6) is 0 Å². The first kappa shape index (κ1) is 13.9. The summed E-state index contributed by atoms with van der Waals surface area (Å²) in [6.45, 7) is 5.80. The molecule has 0 aromatic carbocycles. The predicted octanol–water partition coefficient (Wildman–Crippen LogP) is 4.76. The minimum Gasteiger partial charge on any atom is -0.313 e. The number of unbranched alkanes of at least 4 members (excludes halogenated alkanes) is 3. The van der Waals surface area contributed by atoms with E-state index in [1.54, 1.807) is 32.1 Å². The van der Waals surface area contributed by atoms with E-state index in [2.05, 4.69) is 19.2 Å². The Morgan fingerprint density at radius 3 is 2.32 bits per heavy atom. The zero-order chi connectivity index (χ0) is 13.3. The molecule has 0 radical (unpaired) electrons. The van der Waals surface area contributed by atoms with Crippen LogP contribution < -0.4 is 5.32 Å². The Kier molecular flexibility index (Phi) is 4.22. The van der Waals surface area contributed by atoms with Crippen LogP contribution in [0.3, 0.4) is 0 Å². The number of nitrogens with one attached hydrogen (secondary N) is 1. The van der Waals surface area contributed by atoms with Crippen molar-refractivity contribution < 1.29 is 0 Å². The van der Waals surface area contributed by atoms with Crippen LogP contribution in [-0.4, -0.2) is 12.6 Å². The lowest BCUT2D eigenvalue weighted by atomic mass is 9.46. The summed E-state index contributed by atoms with van der Waals surface area (Å²) < 4.78 is 0. The smallest absolute Gasteiger partial charge is 0.0152 e. The van der Waals surface area contributed by atoms with E-state index in [-0.39, 0.29) is 0 Å². The van der Waals surface area contributed by atoms with Gasteiger partial charge in [0.1, 0.15) is 0 Å². The summed E-state index contributed by atoms with van der Waals surface area (Å²) in [7, 11) is 0. The second-order valence-corrected chi connectivity index (χ2v) is 7.82. The third-order valence-corrected chi connectivity index (χ3v) is 6.41. The fourth-order valence-electron chi connectivity index (χ4n) is 6.08. The van der Waals surface area contributed by atoms with Gasteiger partial charge < -0.3 is 5.32 Å². The normalized spacial score (nSPS) is 43.9. The Labute approximate surface area is 119 Å². The molecule has 4 rings (SSSR count). The summed E-state index contributed by atoms with van der Waals surface area (Å²) in [6.07, 6.45) is 15.1. The van der Waals surface area contributed by atoms with E-state index in [0.717, 1.165) is 23.8 Å². The SMILES string of the molecule is CCCCCCC12C[C@@H]3CC(C[C@@H](C3)C1)C2NCC. The fourth-order valence-corrected chi connectivity index (χ4v) is 6.08. The molecule has 3 unspecified atom stereocenters. The van der Waals surface area contributed by atoms with E-state index in [1.807, 2.05) is 0 Å². The Morgan fingerprint density at radius 2 is 1.68 bits per heavy atom. The summed E-state index contributed by atoms with van der Waals surface area (Å²) in [5.74, 6) is 3.22. The van der Waals surface area contributed by atoms with E-state index in [4.69, 9.17) is 0 Å². The van der Waals surface area contributed by atoms with Crippen molar-refractivity contribution in [1.29, 1.82) is 0 Å². The second kappa shape index (κ2) is 5.76. The fraction of sp³-hybridized carbons (Fsp3) is 1.00. The monoisotopic (exact) mass is 263 g/mol. The summed E-state index contributed by atoms with van der Waals surface area (Å²) >= 11 is 0. The molecule has 1 N–H and O–H groups in total. The van der Waals surface area contributed by atoms with Gasteiger partial charge in [-0.25, -0.2) is 0 Å². The van der Waals surface area contributed by atoms with Gasteiger partial charge in [-0.05, 0) is 68.2 Å². The van der Waals surface area contributed by atoms with Crippen LogP contribution in [0.2, 0.25) is 0 Å². The standard InChI is InChI=1S/C18H33N/c1-3-5-6-7-8-18-12-14-9-15(13-18)11-16(10-14)17(18)19-4-2/h14-17,19H,3-13H2,1-2H3/t14-,15+,16?,17?,18?. The van der Waals surface area contributed by atoms with Crippen molar-refractivity contribution in [3.8, 4) is 0 Å². The topological polar surface area (TPSA) is 12.0 Å². The van der Waals surface area contributed by atoms with Crippen molar-refractivity contribution in [2.24, 2.45) is 23.2 Å². The van der Waals surface area contributed by atoms with E-state index >= 15 is 0 Å².